The smallest absolute Gasteiger partial charge is 0.258 e. The predicted octanol–water partition coefficient (Wildman–Crippen LogP) is 4.03. The van der Waals surface area contributed by atoms with Crippen molar-refractivity contribution in [3.63, 3.8) is 0 Å². The lowest BCUT2D eigenvalue weighted by Gasteiger charge is -2.14. The average molecular weight is 352 g/mol. The zero-order valence-corrected chi connectivity index (χ0v) is 11.7. The van der Waals surface area contributed by atoms with E-state index in [9.17, 15) is 10.1 Å². The molecule has 1 aromatic rings. The number of nitro groups is 1. The lowest BCUT2D eigenvalue weighted by molar-refractivity contribution is -0.385. The standard InChI is InChI=1S/C13H9IN2O2/c1-7-5-8(14)6-9-12-10(15-13(7)9)3-2-4-11(12)16(17)18/h2-7H,1H3. The Morgan fingerprint density at radius 3 is 2.94 bits per heavy atom. The first-order valence-corrected chi connectivity index (χ1v) is 6.61. The highest BCUT2D eigenvalue weighted by molar-refractivity contribution is 14.1. The van der Waals surface area contributed by atoms with E-state index in [1.165, 1.54) is 6.07 Å². The van der Waals surface area contributed by atoms with E-state index in [1.807, 2.05) is 12.1 Å². The fourth-order valence-electron chi connectivity index (χ4n) is 2.36. The van der Waals surface area contributed by atoms with Crippen LogP contribution in [0.2, 0.25) is 0 Å². The highest BCUT2D eigenvalue weighted by atomic mass is 127. The number of aliphatic imine (C=N–C) groups is 1. The second-order valence-corrected chi connectivity index (χ2v) is 5.57. The van der Waals surface area contributed by atoms with Gasteiger partial charge in [-0.15, -0.1) is 0 Å². The summed E-state index contributed by atoms with van der Waals surface area (Å²) in [6.07, 6.45) is 4.08. The van der Waals surface area contributed by atoms with Gasteiger partial charge in [0, 0.05) is 21.1 Å². The molecule has 1 atom stereocenters. The van der Waals surface area contributed by atoms with Crippen LogP contribution < -0.4 is 0 Å². The summed E-state index contributed by atoms with van der Waals surface area (Å²) in [6.45, 7) is 2.06. The summed E-state index contributed by atoms with van der Waals surface area (Å²) >= 11 is 2.24. The van der Waals surface area contributed by atoms with Crippen molar-refractivity contribution in [3.8, 4) is 0 Å². The second kappa shape index (κ2) is 4.01. The largest absolute Gasteiger partial charge is 0.279 e. The van der Waals surface area contributed by atoms with E-state index in [0.29, 0.717) is 11.3 Å². The zero-order chi connectivity index (χ0) is 12.9. The van der Waals surface area contributed by atoms with Crippen molar-refractivity contribution in [2.24, 2.45) is 10.9 Å². The van der Waals surface area contributed by atoms with Crippen LogP contribution in [-0.2, 0) is 0 Å². The van der Waals surface area contributed by atoms with Crippen molar-refractivity contribution in [3.05, 3.63) is 49.6 Å². The maximum absolute atomic E-state index is 11.1. The fourth-order valence-corrected chi connectivity index (χ4v) is 3.22. The molecule has 1 heterocycles. The van der Waals surface area contributed by atoms with Crippen LogP contribution in [0.1, 0.15) is 12.5 Å². The van der Waals surface area contributed by atoms with Gasteiger partial charge in [-0.1, -0.05) is 19.1 Å². The quantitative estimate of drug-likeness (QED) is 0.435. The summed E-state index contributed by atoms with van der Waals surface area (Å²) in [6, 6.07) is 5.05. The number of fused-ring (bicyclic) bond motifs is 3. The molecular weight excluding hydrogens is 343 g/mol. The third kappa shape index (κ3) is 1.61. The molecule has 0 radical (unpaired) electrons. The lowest BCUT2D eigenvalue weighted by Crippen LogP contribution is -2.11. The molecule has 0 N–H and O–H groups in total. The van der Waals surface area contributed by atoms with Crippen LogP contribution in [0.15, 0.2) is 38.9 Å². The molecular formula is C13H9IN2O2. The van der Waals surface area contributed by atoms with Gasteiger partial charge in [0.15, 0.2) is 0 Å². The van der Waals surface area contributed by atoms with E-state index >= 15 is 0 Å². The van der Waals surface area contributed by atoms with E-state index in [1.54, 1.807) is 6.07 Å². The highest BCUT2D eigenvalue weighted by Crippen LogP contribution is 2.45. The molecule has 0 saturated carbocycles. The molecule has 1 aliphatic carbocycles. The number of hydrogen-bond donors (Lipinski definition) is 0. The first-order valence-electron chi connectivity index (χ1n) is 5.53. The van der Waals surface area contributed by atoms with Crippen LogP contribution in [0.3, 0.4) is 0 Å². The van der Waals surface area contributed by atoms with Crippen LogP contribution in [-0.4, -0.2) is 10.6 Å². The maximum Gasteiger partial charge on any atom is 0.279 e. The number of benzene rings is 1. The summed E-state index contributed by atoms with van der Waals surface area (Å²) in [5, 5.41) is 11.1. The van der Waals surface area contributed by atoms with Gasteiger partial charge in [-0.3, -0.25) is 15.1 Å². The summed E-state index contributed by atoms with van der Waals surface area (Å²) < 4.78 is 1.10. The summed E-state index contributed by atoms with van der Waals surface area (Å²) in [5.41, 5.74) is 3.33. The van der Waals surface area contributed by atoms with E-state index < -0.39 is 0 Å². The number of hydrogen-bond acceptors (Lipinski definition) is 3. The van der Waals surface area contributed by atoms with E-state index in [2.05, 4.69) is 40.6 Å². The molecule has 0 aromatic heterocycles. The first-order chi connectivity index (χ1) is 8.58. The number of allylic oxidation sites excluding steroid dienone is 4. The molecule has 0 spiro atoms. The molecule has 0 amide bonds. The Bertz CT molecular complexity index is 659. The van der Waals surface area contributed by atoms with Crippen LogP contribution in [0.5, 0.6) is 0 Å². The van der Waals surface area contributed by atoms with Gasteiger partial charge >= 0.3 is 0 Å². The fraction of sp³-hybridized carbons (Fsp3) is 0.154. The van der Waals surface area contributed by atoms with Gasteiger partial charge in [-0.2, -0.15) is 0 Å². The van der Waals surface area contributed by atoms with E-state index in [-0.39, 0.29) is 16.5 Å². The van der Waals surface area contributed by atoms with Crippen LogP contribution in [0, 0.1) is 16.0 Å². The molecule has 1 aliphatic heterocycles. The summed E-state index contributed by atoms with van der Waals surface area (Å²) in [5.74, 6) is 0.198. The molecule has 1 unspecified atom stereocenters. The number of rotatable bonds is 1. The van der Waals surface area contributed by atoms with Crippen molar-refractivity contribution in [1.29, 1.82) is 0 Å². The van der Waals surface area contributed by atoms with Gasteiger partial charge in [-0.25, -0.2) is 0 Å². The van der Waals surface area contributed by atoms with E-state index in [4.69, 9.17) is 0 Å². The molecule has 0 saturated heterocycles. The molecule has 2 aliphatic rings. The predicted molar refractivity (Wildman–Crippen MR) is 79.4 cm³/mol. The van der Waals surface area contributed by atoms with Crippen LogP contribution in [0.25, 0.3) is 5.57 Å². The van der Waals surface area contributed by atoms with Crippen molar-refractivity contribution in [1.82, 2.24) is 0 Å². The Kier molecular flexibility index (Phi) is 2.58. The van der Waals surface area contributed by atoms with Gasteiger partial charge in [0.2, 0.25) is 0 Å². The topological polar surface area (TPSA) is 55.5 Å². The highest BCUT2D eigenvalue weighted by Gasteiger charge is 2.32. The molecule has 0 bridgehead atoms. The number of halogens is 1. The molecule has 3 rings (SSSR count). The van der Waals surface area contributed by atoms with Crippen molar-refractivity contribution in [2.45, 2.75) is 6.92 Å². The maximum atomic E-state index is 11.1. The van der Waals surface area contributed by atoms with Crippen LogP contribution in [0.4, 0.5) is 11.4 Å². The van der Waals surface area contributed by atoms with E-state index in [0.717, 1.165) is 14.9 Å². The summed E-state index contributed by atoms with van der Waals surface area (Å²) in [4.78, 5) is 15.3. The molecule has 90 valence electrons. The Labute approximate surface area is 117 Å². The minimum absolute atomic E-state index is 0.135. The third-order valence-electron chi connectivity index (χ3n) is 3.13. The first kappa shape index (κ1) is 11.6. The Morgan fingerprint density at radius 1 is 1.44 bits per heavy atom. The Morgan fingerprint density at radius 2 is 2.22 bits per heavy atom. The second-order valence-electron chi connectivity index (χ2n) is 4.32. The average Bonchev–Trinajstić information content (AvgIpc) is 2.68. The molecule has 18 heavy (non-hydrogen) atoms. The van der Waals surface area contributed by atoms with Crippen molar-refractivity contribution in [2.75, 3.05) is 0 Å². The SMILES string of the molecule is CC1C=C(I)C=C2C1=Nc1cccc([N+](=O)[O-])c12. The zero-order valence-electron chi connectivity index (χ0n) is 9.55. The van der Waals surface area contributed by atoms with Gasteiger partial charge in [0.1, 0.15) is 0 Å². The minimum atomic E-state index is -0.339. The third-order valence-corrected chi connectivity index (χ3v) is 3.80. The van der Waals surface area contributed by atoms with Gasteiger partial charge in [-0.05, 0) is 34.7 Å². The Balaban J connectivity index is 2.27. The van der Waals surface area contributed by atoms with Crippen molar-refractivity contribution >= 4 is 45.3 Å². The molecule has 1 aromatic carbocycles. The van der Waals surface area contributed by atoms with Crippen LogP contribution >= 0.6 is 22.6 Å². The minimum Gasteiger partial charge on any atom is -0.258 e. The monoisotopic (exact) mass is 352 g/mol. The molecule has 0 fully saturated rings. The summed E-state index contributed by atoms with van der Waals surface area (Å²) in [7, 11) is 0. The normalized spacial score (nSPS) is 20.6. The number of nitro benzene ring substituents is 1. The molecule has 5 heteroatoms. The van der Waals surface area contributed by atoms with Gasteiger partial charge in [0.05, 0.1) is 21.9 Å². The lowest BCUT2D eigenvalue weighted by atomic mass is 9.90. The molecule has 4 nitrogen and oxygen atoms in total. The van der Waals surface area contributed by atoms with Gasteiger partial charge < -0.3 is 0 Å². The van der Waals surface area contributed by atoms with Gasteiger partial charge in [0.25, 0.3) is 5.69 Å². The number of nitrogens with zero attached hydrogens (tertiary/aromatic N) is 2. The Hall–Kier alpha value is -1.50. The van der Waals surface area contributed by atoms with Crippen molar-refractivity contribution < 1.29 is 4.92 Å².